The molecule has 3 heteroatoms. The van der Waals surface area contributed by atoms with Crippen molar-refractivity contribution in [3.8, 4) is 0 Å². The van der Waals surface area contributed by atoms with Crippen molar-refractivity contribution < 1.29 is 9.53 Å². The van der Waals surface area contributed by atoms with Crippen molar-refractivity contribution in [1.29, 1.82) is 0 Å². The predicted octanol–water partition coefficient (Wildman–Crippen LogP) is 4.36. The van der Waals surface area contributed by atoms with Gasteiger partial charge in [0.2, 0.25) is 0 Å². The highest BCUT2D eigenvalue weighted by Gasteiger charge is 2.23. The van der Waals surface area contributed by atoms with Gasteiger partial charge in [-0.3, -0.25) is 0 Å². The quantitative estimate of drug-likeness (QED) is 0.706. The third-order valence-corrected chi connectivity index (χ3v) is 4.27. The molecule has 1 aromatic heterocycles. The van der Waals surface area contributed by atoms with Gasteiger partial charge in [0, 0.05) is 10.3 Å². The van der Waals surface area contributed by atoms with E-state index >= 15 is 0 Å². The molecule has 2 rings (SSSR count). The van der Waals surface area contributed by atoms with Crippen molar-refractivity contribution in [2.24, 2.45) is 0 Å². The van der Waals surface area contributed by atoms with Crippen LogP contribution in [0.5, 0.6) is 0 Å². The predicted molar refractivity (Wildman–Crippen MR) is 75.4 cm³/mol. The molecule has 0 unspecified atom stereocenters. The van der Waals surface area contributed by atoms with Crippen LogP contribution in [0.4, 0.5) is 0 Å². The van der Waals surface area contributed by atoms with Crippen LogP contribution in [0, 0.1) is 0 Å². The number of thiophene rings is 1. The minimum absolute atomic E-state index is 0.152. The number of carbonyl (C=O) groups excluding carboxylic acids is 1. The van der Waals surface area contributed by atoms with Crippen LogP contribution in [0.2, 0.25) is 0 Å². The minimum Gasteiger partial charge on any atom is -0.456 e. The molecule has 0 aliphatic heterocycles. The van der Waals surface area contributed by atoms with Crippen molar-refractivity contribution in [3.63, 3.8) is 0 Å². The molecule has 2 nitrogen and oxygen atoms in total. The number of hydrogen-bond acceptors (Lipinski definition) is 3. The largest absolute Gasteiger partial charge is 0.456 e. The van der Waals surface area contributed by atoms with E-state index in [9.17, 15) is 4.79 Å². The topological polar surface area (TPSA) is 26.3 Å². The normalized spacial score (nSPS) is 16.6. The lowest BCUT2D eigenvalue weighted by molar-refractivity contribution is 0.00688. The summed E-state index contributed by atoms with van der Waals surface area (Å²) in [5.41, 5.74) is 1.66. The van der Waals surface area contributed by atoms with Gasteiger partial charge >= 0.3 is 5.97 Å². The molecule has 0 saturated carbocycles. The Labute approximate surface area is 113 Å². The summed E-state index contributed by atoms with van der Waals surface area (Å²) in [7, 11) is 0. The number of rotatable bonds is 1. The van der Waals surface area contributed by atoms with E-state index in [0.29, 0.717) is 0 Å². The van der Waals surface area contributed by atoms with Crippen LogP contribution >= 0.6 is 11.3 Å². The van der Waals surface area contributed by atoms with Crippen LogP contribution < -0.4 is 0 Å². The first-order chi connectivity index (χ1) is 8.47. The van der Waals surface area contributed by atoms with Crippen molar-refractivity contribution in [3.05, 3.63) is 21.4 Å². The van der Waals surface area contributed by atoms with Gasteiger partial charge in [-0.15, -0.1) is 11.3 Å². The van der Waals surface area contributed by atoms with Gasteiger partial charge in [0.15, 0.2) is 0 Å². The molecule has 1 aromatic rings. The second kappa shape index (κ2) is 5.43. The van der Waals surface area contributed by atoms with E-state index in [-0.39, 0.29) is 5.97 Å². The summed E-state index contributed by atoms with van der Waals surface area (Å²) >= 11 is 1.73. The van der Waals surface area contributed by atoms with E-state index < -0.39 is 5.60 Å². The Morgan fingerprint density at radius 2 is 1.83 bits per heavy atom. The lowest BCUT2D eigenvalue weighted by Crippen LogP contribution is -2.24. The van der Waals surface area contributed by atoms with Crippen LogP contribution in [-0.2, 0) is 17.6 Å². The van der Waals surface area contributed by atoms with E-state index in [1.54, 1.807) is 11.3 Å². The molecule has 0 amide bonds. The fourth-order valence-corrected chi connectivity index (χ4v) is 3.47. The summed E-state index contributed by atoms with van der Waals surface area (Å²) in [6, 6.07) is 0. The lowest BCUT2D eigenvalue weighted by atomic mass is 9.97. The Kier molecular flexibility index (Phi) is 4.10. The van der Waals surface area contributed by atoms with Gasteiger partial charge in [-0.05, 0) is 52.0 Å². The summed E-state index contributed by atoms with van der Waals surface area (Å²) in [6.45, 7) is 5.75. The molecule has 1 aliphatic carbocycles. The number of carbonyl (C=O) groups is 1. The van der Waals surface area contributed by atoms with E-state index in [0.717, 1.165) is 18.4 Å². The maximum atomic E-state index is 12.2. The molecule has 1 heterocycles. The molecule has 18 heavy (non-hydrogen) atoms. The van der Waals surface area contributed by atoms with Gasteiger partial charge in [0.05, 0.1) is 5.56 Å². The molecule has 0 bridgehead atoms. The Balaban J connectivity index is 2.21. The average Bonchev–Trinajstić information content (AvgIpc) is 2.57. The summed E-state index contributed by atoms with van der Waals surface area (Å²) < 4.78 is 5.49. The zero-order valence-corrected chi connectivity index (χ0v) is 12.4. The summed E-state index contributed by atoms with van der Waals surface area (Å²) in [6.07, 6.45) is 7.21. The van der Waals surface area contributed by atoms with E-state index in [1.165, 1.54) is 36.1 Å². The second-order valence-electron chi connectivity index (χ2n) is 5.97. The molecule has 0 radical (unpaired) electrons. The molecule has 0 N–H and O–H groups in total. The van der Waals surface area contributed by atoms with Gasteiger partial charge < -0.3 is 4.74 Å². The van der Waals surface area contributed by atoms with Gasteiger partial charge in [0.1, 0.15) is 5.60 Å². The average molecular weight is 266 g/mol. The minimum atomic E-state index is -0.409. The summed E-state index contributed by atoms with van der Waals surface area (Å²) in [4.78, 5) is 13.6. The lowest BCUT2D eigenvalue weighted by Gasteiger charge is -2.20. The molecule has 0 fully saturated rings. The number of hydrogen-bond donors (Lipinski definition) is 0. The van der Waals surface area contributed by atoms with Crippen molar-refractivity contribution >= 4 is 17.3 Å². The highest BCUT2D eigenvalue weighted by atomic mass is 32.1. The van der Waals surface area contributed by atoms with Crippen molar-refractivity contribution in [2.45, 2.75) is 64.9 Å². The zero-order chi connectivity index (χ0) is 13.2. The maximum Gasteiger partial charge on any atom is 0.339 e. The molecule has 100 valence electrons. The highest BCUT2D eigenvalue weighted by molar-refractivity contribution is 7.10. The van der Waals surface area contributed by atoms with E-state index in [2.05, 4.69) is 0 Å². The van der Waals surface area contributed by atoms with Crippen molar-refractivity contribution in [1.82, 2.24) is 0 Å². The van der Waals surface area contributed by atoms with E-state index in [4.69, 9.17) is 4.74 Å². The van der Waals surface area contributed by atoms with Crippen molar-refractivity contribution in [2.75, 3.05) is 0 Å². The SMILES string of the molecule is CC(C)(C)OC(=O)c1csc2c1CCCCCC2. The molecular weight excluding hydrogens is 244 g/mol. The van der Waals surface area contributed by atoms with Crippen LogP contribution in [0.15, 0.2) is 5.38 Å². The zero-order valence-electron chi connectivity index (χ0n) is 11.5. The Morgan fingerprint density at radius 3 is 2.50 bits per heavy atom. The van der Waals surface area contributed by atoms with Gasteiger partial charge in [0.25, 0.3) is 0 Å². The van der Waals surface area contributed by atoms with Gasteiger partial charge in [-0.1, -0.05) is 12.8 Å². The first-order valence-electron chi connectivity index (χ1n) is 6.80. The Hall–Kier alpha value is -0.830. The fourth-order valence-electron chi connectivity index (χ4n) is 2.35. The van der Waals surface area contributed by atoms with Crippen LogP contribution in [0.3, 0.4) is 0 Å². The number of esters is 1. The first kappa shape index (κ1) is 13.6. The first-order valence-corrected chi connectivity index (χ1v) is 7.68. The van der Waals surface area contributed by atoms with Crippen LogP contribution in [0.1, 0.15) is 67.3 Å². The number of fused-ring (bicyclic) bond motifs is 1. The standard InChI is InChI=1S/C15H22O2S/c1-15(2,3)17-14(16)12-10-18-13-9-7-5-4-6-8-11(12)13/h10H,4-9H2,1-3H3. The molecule has 0 atom stereocenters. The van der Waals surface area contributed by atoms with Gasteiger partial charge in [-0.2, -0.15) is 0 Å². The Morgan fingerprint density at radius 1 is 1.17 bits per heavy atom. The third-order valence-electron chi connectivity index (χ3n) is 3.18. The van der Waals surface area contributed by atoms with Crippen LogP contribution in [-0.4, -0.2) is 11.6 Å². The second-order valence-corrected chi connectivity index (χ2v) is 6.93. The third kappa shape index (κ3) is 3.35. The summed E-state index contributed by atoms with van der Waals surface area (Å²) in [5.74, 6) is -0.152. The maximum absolute atomic E-state index is 12.2. The number of ether oxygens (including phenoxy) is 1. The fraction of sp³-hybridized carbons (Fsp3) is 0.667. The molecule has 0 aromatic carbocycles. The molecule has 0 saturated heterocycles. The number of aryl methyl sites for hydroxylation is 1. The Bertz CT molecular complexity index is 426. The molecular formula is C15H22O2S. The van der Waals surface area contributed by atoms with Gasteiger partial charge in [-0.25, -0.2) is 4.79 Å². The smallest absolute Gasteiger partial charge is 0.339 e. The highest BCUT2D eigenvalue weighted by Crippen LogP contribution is 2.30. The molecule has 1 aliphatic rings. The van der Waals surface area contributed by atoms with Crippen LogP contribution in [0.25, 0.3) is 0 Å². The monoisotopic (exact) mass is 266 g/mol. The molecule has 0 spiro atoms. The summed E-state index contributed by atoms with van der Waals surface area (Å²) in [5, 5.41) is 1.99. The van der Waals surface area contributed by atoms with E-state index in [1.807, 2.05) is 26.2 Å².